The third-order valence-electron chi connectivity index (χ3n) is 5.99. The third kappa shape index (κ3) is 5.08. The lowest BCUT2D eigenvalue weighted by Crippen LogP contribution is -2.20. The molecule has 0 heterocycles. The van der Waals surface area contributed by atoms with Crippen molar-refractivity contribution in [1.82, 2.24) is 0 Å². The molecule has 0 unspecified atom stereocenters. The predicted molar refractivity (Wildman–Crippen MR) is 142 cm³/mol. The van der Waals surface area contributed by atoms with Crippen LogP contribution in [0.15, 0.2) is 84.9 Å². The molecule has 0 saturated carbocycles. The molecule has 4 rings (SSSR count). The largest absolute Gasteiger partial charge is 0.506 e. The Kier molecular flexibility index (Phi) is 6.40. The lowest BCUT2D eigenvalue weighted by molar-refractivity contribution is 0.472. The van der Waals surface area contributed by atoms with Gasteiger partial charge in [-0.05, 0) is 59.7 Å². The molecule has 0 aliphatic heterocycles. The summed E-state index contributed by atoms with van der Waals surface area (Å²) in [6.07, 6.45) is 0. The van der Waals surface area contributed by atoms with Gasteiger partial charge in [-0.2, -0.15) is 0 Å². The van der Waals surface area contributed by atoms with Crippen LogP contribution >= 0.6 is 0 Å². The second-order valence-corrected chi connectivity index (χ2v) is 8.77. The molecule has 6 N–H and O–H groups in total. The quantitative estimate of drug-likeness (QED) is 0.184. The SMILES string of the molecule is CC(C)(c1cc(O)c(N)c(C#Cc2ccccc2)c1)c1cc(O)c(N)c(C#Cc2ccccc2)c1. The van der Waals surface area contributed by atoms with Crippen molar-refractivity contribution in [2.75, 3.05) is 11.5 Å². The van der Waals surface area contributed by atoms with Gasteiger partial charge in [0.05, 0.1) is 22.5 Å². The number of nitrogens with two attached hydrogens (primary N) is 2. The number of hydrogen-bond donors (Lipinski definition) is 4. The van der Waals surface area contributed by atoms with E-state index in [0.29, 0.717) is 11.1 Å². The smallest absolute Gasteiger partial charge is 0.140 e. The maximum absolute atomic E-state index is 10.6. The Morgan fingerprint density at radius 3 is 1.31 bits per heavy atom. The van der Waals surface area contributed by atoms with Crippen molar-refractivity contribution in [3.05, 3.63) is 118 Å². The minimum Gasteiger partial charge on any atom is -0.506 e. The topological polar surface area (TPSA) is 92.5 Å². The minimum atomic E-state index is -0.622. The van der Waals surface area contributed by atoms with Gasteiger partial charge in [-0.1, -0.05) is 73.9 Å². The Morgan fingerprint density at radius 2 is 0.943 bits per heavy atom. The zero-order valence-corrected chi connectivity index (χ0v) is 19.6. The van der Waals surface area contributed by atoms with E-state index in [2.05, 4.69) is 23.7 Å². The number of nitrogen functional groups attached to an aromatic ring is 2. The first-order valence-electron chi connectivity index (χ1n) is 11.2. The fourth-order valence-electron chi connectivity index (χ4n) is 3.69. The first-order chi connectivity index (χ1) is 16.8. The molecular weight excluding hydrogens is 432 g/mol. The second kappa shape index (κ2) is 9.59. The molecule has 0 aliphatic carbocycles. The number of benzene rings is 4. The molecule has 0 fully saturated rings. The van der Waals surface area contributed by atoms with Crippen LogP contribution in [0, 0.1) is 23.7 Å². The fourth-order valence-corrected chi connectivity index (χ4v) is 3.69. The zero-order chi connectivity index (χ0) is 25.0. The number of hydrogen-bond acceptors (Lipinski definition) is 4. The summed E-state index contributed by atoms with van der Waals surface area (Å²) in [6, 6.07) is 26.1. The highest BCUT2D eigenvalue weighted by Gasteiger charge is 2.27. The molecule has 4 nitrogen and oxygen atoms in total. The minimum absolute atomic E-state index is 0.0447. The number of phenolic OH excluding ortho intramolecular Hbond substituents is 2. The van der Waals surface area contributed by atoms with Gasteiger partial charge in [0.2, 0.25) is 0 Å². The highest BCUT2D eigenvalue weighted by molar-refractivity contribution is 5.70. The van der Waals surface area contributed by atoms with Gasteiger partial charge in [0.25, 0.3) is 0 Å². The molecule has 0 bridgehead atoms. The lowest BCUT2D eigenvalue weighted by Gasteiger charge is -2.28. The van der Waals surface area contributed by atoms with Crippen molar-refractivity contribution >= 4 is 11.4 Å². The standard InChI is InChI=1S/C31H26N2O2/c1-31(2,25-17-23(29(32)27(34)19-25)15-13-21-9-5-3-6-10-21)26-18-24(30(33)28(35)20-26)16-14-22-11-7-4-8-12-22/h3-12,17-20,34-35H,32-33H2,1-2H3. The lowest BCUT2D eigenvalue weighted by atomic mass is 9.76. The van der Waals surface area contributed by atoms with Crippen LogP contribution in [0.2, 0.25) is 0 Å². The van der Waals surface area contributed by atoms with Crippen molar-refractivity contribution in [2.24, 2.45) is 0 Å². The predicted octanol–water partition coefficient (Wildman–Crippen LogP) is 5.39. The van der Waals surface area contributed by atoms with E-state index in [0.717, 1.165) is 22.3 Å². The molecular formula is C31H26N2O2. The van der Waals surface area contributed by atoms with Crippen LogP contribution in [-0.4, -0.2) is 10.2 Å². The van der Waals surface area contributed by atoms with Crippen LogP contribution in [0.1, 0.15) is 47.2 Å². The second-order valence-electron chi connectivity index (χ2n) is 8.77. The zero-order valence-electron chi connectivity index (χ0n) is 19.6. The monoisotopic (exact) mass is 458 g/mol. The van der Waals surface area contributed by atoms with Crippen molar-refractivity contribution in [3.63, 3.8) is 0 Å². The van der Waals surface area contributed by atoms with Gasteiger partial charge in [-0.25, -0.2) is 0 Å². The molecule has 0 aliphatic rings. The molecule has 0 amide bonds. The van der Waals surface area contributed by atoms with Crippen LogP contribution in [-0.2, 0) is 5.41 Å². The molecule has 35 heavy (non-hydrogen) atoms. The summed E-state index contributed by atoms with van der Waals surface area (Å²) in [4.78, 5) is 0. The van der Waals surface area contributed by atoms with E-state index >= 15 is 0 Å². The summed E-state index contributed by atoms with van der Waals surface area (Å²) in [5.41, 5.74) is 16.4. The van der Waals surface area contributed by atoms with Crippen LogP contribution in [0.4, 0.5) is 11.4 Å². The van der Waals surface area contributed by atoms with Gasteiger partial charge >= 0.3 is 0 Å². The van der Waals surface area contributed by atoms with E-state index in [1.165, 1.54) is 0 Å². The summed E-state index contributed by atoms with van der Waals surface area (Å²) in [6.45, 7) is 3.98. The Bertz CT molecular complexity index is 1390. The summed E-state index contributed by atoms with van der Waals surface area (Å²) in [5.74, 6) is 12.2. The Labute approximate surface area is 205 Å². The van der Waals surface area contributed by atoms with Crippen LogP contribution < -0.4 is 11.5 Å². The first kappa shape index (κ1) is 23.4. The fraction of sp³-hybridized carbons (Fsp3) is 0.0968. The van der Waals surface area contributed by atoms with E-state index < -0.39 is 5.41 Å². The maximum Gasteiger partial charge on any atom is 0.140 e. The average molecular weight is 459 g/mol. The molecule has 4 heteroatoms. The third-order valence-corrected chi connectivity index (χ3v) is 5.99. The van der Waals surface area contributed by atoms with Crippen LogP contribution in [0.25, 0.3) is 0 Å². The van der Waals surface area contributed by atoms with Gasteiger partial charge in [-0.15, -0.1) is 0 Å². The van der Waals surface area contributed by atoms with Crippen molar-refractivity contribution in [3.8, 4) is 35.2 Å². The maximum atomic E-state index is 10.6. The normalized spacial score (nSPS) is 10.6. The highest BCUT2D eigenvalue weighted by atomic mass is 16.3. The van der Waals surface area contributed by atoms with Crippen LogP contribution in [0.5, 0.6) is 11.5 Å². The number of aromatic hydroxyl groups is 2. The summed E-state index contributed by atoms with van der Waals surface area (Å²) < 4.78 is 0. The Balaban J connectivity index is 1.77. The van der Waals surface area contributed by atoms with E-state index in [-0.39, 0.29) is 22.9 Å². The van der Waals surface area contributed by atoms with Crippen molar-refractivity contribution in [1.29, 1.82) is 0 Å². The summed E-state index contributed by atoms with van der Waals surface area (Å²) in [7, 11) is 0. The van der Waals surface area contributed by atoms with Gasteiger partial charge in [-0.3, -0.25) is 0 Å². The van der Waals surface area contributed by atoms with Gasteiger partial charge in [0, 0.05) is 16.5 Å². The van der Waals surface area contributed by atoms with E-state index in [4.69, 9.17) is 11.5 Å². The summed E-state index contributed by atoms with van der Waals surface area (Å²) >= 11 is 0. The molecule has 0 radical (unpaired) electrons. The number of phenols is 2. The van der Waals surface area contributed by atoms with Gasteiger partial charge in [0.15, 0.2) is 0 Å². The van der Waals surface area contributed by atoms with Gasteiger partial charge in [0.1, 0.15) is 11.5 Å². The summed E-state index contributed by atoms with van der Waals surface area (Å²) in [5, 5.41) is 21.1. The first-order valence-corrected chi connectivity index (χ1v) is 11.2. The number of anilines is 2. The molecule has 172 valence electrons. The van der Waals surface area contributed by atoms with Crippen molar-refractivity contribution in [2.45, 2.75) is 19.3 Å². The Hall–Kier alpha value is -4.80. The van der Waals surface area contributed by atoms with Gasteiger partial charge < -0.3 is 21.7 Å². The van der Waals surface area contributed by atoms with E-state index in [1.54, 1.807) is 12.1 Å². The van der Waals surface area contributed by atoms with E-state index in [9.17, 15) is 10.2 Å². The highest BCUT2D eigenvalue weighted by Crippen LogP contribution is 2.39. The molecule has 0 spiro atoms. The van der Waals surface area contributed by atoms with E-state index in [1.807, 2.05) is 86.6 Å². The molecule has 4 aromatic carbocycles. The van der Waals surface area contributed by atoms with Crippen molar-refractivity contribution < 1.29 is 10.2 Å². The molecule has 4 aromatic rings. The molecule has 0 saturated heterocycles. The van der Waals surface area contributed by atoms with Crippen LogP contribution in [0.3, 0.4) is 0 Å². The molecule has 0 aromatic heterocycles. The molecule has 0 atom stereocenters. The Morgan fingerprint density at radius 1 is 0.571 bits per heavy atom. The average Bonchev–Trinajstić information content (AvgIpc) is 2.86. The number of rotatable bonds is 2.